The minimum absolute atomic E-state index is 0.0118. The second kappa shape index (κ2) is 15.7. The van der Waals surface area contributed by atoms with Gasteiger partial charge in [0, 0.05) is 24.6 Å². The van der Waals surface area contributed by atoms with Crippen LogP contribution in [0.15, 0.2) is 82.5 Å². The van der Waals surface area contributed by atoms with E-state index in [1.54, 1.807) is 44.4 Å². The van der Waals surface area contributed by atoms with Crippen molar-refractivity contribution < 1.29 is 36.2 Å². The summed E-state index contributed by atoms with van der Waals surface area (Å²) in [4.78, 5) is 12.5. The number of methoxy groups -OCH3 is 1. The Morgan fingerprint density at radius 3 is 2.40 bits per heavy atom. The fourth-order valence-corrected chi connectivity index (χ4v) is 8.13. The summed E-state index contributed by atoms with van der Waals surface area (Å²) in [6.45, 7) is 5.66. The maximum atomic E-state index is 14.7. The minimum Gasteiger partial charge on any atom is -0.497 e. The molecule has 0 saturated carbocycles. The Morgan fingerprint density at radius 2 is 1.78 bits per heavy atom. The third-order valence-corrected chi connectivity index (χ3v) is 10.5. The fourth-order valence-electron chi connectivity index (χ4n) is 5.45. The van der Waals surface area contributed by atoms with Gasteiger partial charge < -0.3 is 14.2 Å². The topological polar surface area (TPSA) is 82.1 Å². The van der Waals surface area contributed by atoms with Gasteiger partial charge in [0.25, 0.3) is 0 Å². The van der Waals surface area contributed by atoms with Crippen molar-refractivity contribution in [1.29, 1.82) is 0 Å². The third kappa shape index (κ3) is 8.25. The SMILES string of the molecule is CCCCC1CC(c2ccc(F)cc2)c2cc(SCC)c(O/C=C(\F)C(=O)OCC)cc2S(=O)(=O)N1Cc1ccc(OC)cc1. The summed E-state index contributed by atoms with van der Waals surface area (Å²) in [5.41, 5.74) is 2.13. The first-order valence-corrected chi connectivity index (χ1v) is 17.5. The molecule has 1 heterocycles. The maximum absolute atomic E-state index is 14.7. The van der Waals surface area contributed by atoms with E-state index in [9.17, 15) is 22.0 Å². The quantitative estimate of drug-likeness (QED) is 0.0797. The summed E-state index contributed by atoms with van der Waals surface area (Å²) in [5.74, 6) is -1.81. The molecule has 0 amide bonds. The molecule has 45 heavy (non-hydrogen) atoms. The van der Waals surface area contributed by atoms with E-state index in [1.165, 1.54) is 34.3 Å². The van der Waals surface area contributed by atoms with Gasteiger partial charge in [0.05, 0.1) is 23.5 Å². The Bertz CT molecular complexity index is 1590. The molecule has 0 saturated heterocycles. The zero-order valence-corrected chi connectivity index (χ0v) is 27.6. The molecular formula is C34H39F2NO6S2. The molecule has 0 aromatic heterocycles. The number of hydrogen-bond acceptors (Lipinski definition) is 7. The second-order valence-electron chi connectivity index (χ2n) is 10.6. The molecule has 0 radical (unpaired) electrons. The van der Waals surface area contributed by atoms with E-state index in [2.05, 4.69) is 6.92 Å². The van der Waals surface area contributed by atoms with Gasteiger partial charge in [0.15, 0.2) is 0 Å². The van der Waals surface area contributed by atoms with E-state index in [-0.39, 0.29) is 41.6 Å². The standard InChI is InChI=1S/C34H39F2NO6S2/c1-5-8-9-26-18-28(24-12-14-25(35)15-13-24)29-19-32(44-7-3)31(43-22-30(36)34(38)42-6-2)20-33(29)45(39,40)37(26)21-23-10-16-27(41-4)17-11-23/h10-17,19-20,22,26,28H,5-9,18,21H2,1-4H3/b30-22-. The number of halogens is 2. The number of ether oxygens (including phenoxy) is 3. The highest BCUT2D eigenvalue weighted by atomic mass is 32.2. The van der Waals surface area contributed by atoms with E-state index in [1.807, 2.05) is 19.1 Å². The number of hydrogen-bond donors (Lipinski definition) is 0. The summed E-state index contributed by atoms with van der Waals surface area (Å²) in [6.07, 6.45) is 3.44. The average Bonchev–Trinajstić information content (AvgIpc) is 3.11. The van der Waals surface area contributed by atoms with E-state index < -0.39 is 21.8 Å². The predicted octanol–water partition coefficient (Wildman–Crippen LogP) is 7.98. The number of rotatable bonds is 13. The molecule has 1 aliphatic rings. The van der Waals surface area contributed by atoms with Crippen molar-refractivity contribution in [2.75, 3.05) is 19.5 Å². The number of nitrogens with zero attached hydrogens (tertiary/aromatic N) is 1. The molecule has 4 rings (SSSR count). The van der Waals surface area contributed by atoms with Crippen LogP contribution in [0.25, 0.3) is 0 Å². The Balaban J connectivity index is 1.92. The second-order valence-corrected chi connectivity index (χ2v) is 13.8. The molecule has 11 heteroatoms. The molecule has 3 aromatic carbocycles. The van der Waals surface area contributed by atoms with Crippen LogP contribution in [0.2, 0.25) is 0 Å². The van der Waals surface area contributed by atoms with Gasteiger partial charge in [0.1, 0.15) is 23.6 Å². The number of thioether (sulfide) groups is 1. The number of carbonyl (C=O) groups excluding carboxylic acids is 1. The largest absolute Gasteiger partial charge is 0.497 e. The first-order valence-electron chi connectivity index (χ1n) is 15.0. The Hall–Kier alpha value is -3.41. The smallest absolute Gasteiger partial charge is 0.370 e. The van der Waals surface area contributed by atoms with Gasteiger partial charge in [-0.05, 0) is 72.5 Å². The van der Waals surface area contributed by atoms with Gasteiger partial charge in [-0.25, -0.2) is 17.6 Å². The van der Waals surface area contributed by atoms with Crippen LogP contribution >= 0.6 is 11.8 Å². The lowest BCUT2D eigenvalue weighted by molar-refractivity contribution is -0.140. The van der Waals surface area contributed by atoms with Crippen molar-refractivity contribution in [3.63, 3.8) is 0 Å². The maximum Gasteiger partial charge on any atom is 0.370 e. The van der Waals surface area contributed by atoms with Crippen LogP contribution in [0.5, 0.6) is 11.5 Å². The van der Waals surface area contributed by atoms with Crippen LogP contribution in [0, 0.1) is 5.82 Å². The van der Waals surface area contributed by atoms with E-state index in [0.29, 0.717) is 41.1 Å². The third-order valence-electron chi connectivity index (χ3n) is 7.67. The number of fused-ring (bicyclic) bond motifs is 1. The molecule has 2 atom stereocenters. The number of carbonyl (C=O) groups is 1. The van der Waals surface area contributed by atoms with Crippen molar-refractivity contribution >= 4 is 27.8 Å². The lowest BCUT2D eigenvalue weighted by Gasteiger charge is -2.30. The molecule has 0 bridgehead atoms. The summed E-state index contributed by atoms with van der Waals surface area (Å²) in [7, 11) is -2.58. The Labute approximate surface area is 268 Å². The van der Waals surface area contributed by atoms with Crippen molar-refractivity contribution in [2.24, 2.45) is 0 Å². The normalized spacial score (nSPS) is 18.1. The van der Waals surface area contributed by atoms with Crippen molar-refractivity contribution in [1.82, 2.24) is 4.31 Å². The molecule has 1 aliphatic heterocycles. The molecule has 3 aromatic rings. The Kier molecular flexibility index (Phi) is 12.0. The van der Waals surface area contributed by atoms with Gasteiger partial charge >= 0.3 is 5.97 Å². The van der Waals surface area contributed by atoms with Crippen molar-refractivity contribution in [3.05, 3.63) is 95.3 Å². The molecule has 0 aliphatic carbocycles. The zero-order valence-electron chi connectivity index (χ0n) is 25.9. The zero-order chi connectivity index (χ0) is 32.6. The number of sulfonamides is 1. The van der Waals surface area contributed by atoms with Gasteiger partial charge in [-0.15, -0.1) is 11.8 Å². The predicted molar refractivity (Wildman–Crippen MR) is 171 cm³/mol. The molecular weight excluding hydrogens is 621 g/mol. The fraction of sp³-hybridized carbons (Fsp3) is 0.382. The molecule has 0 N–H and O–H groups in total. The lowest BCUT2D eigenvalue weighted by atomic mass is 9.84. The first kappa shape index (κ1) is 34.5. The van der Waals surface area contributed by atoms with Crippen LogP contribution in [0.3, 0.4) is 0 Å². The summed E-state index contributed by atoms with van der Waals surface area (Å²) < 4.78 is 75.1. The average molecular weight is 660 g/mol. The molecule has 2 unspecified atom stereocenters. The number of benzene rings is 3. The Morgan fingerprint density at radius 1 is 1.07 bits per heavy atom. The van der Waals surface area contributed by atoms with Crippen LogP contribution < -0.4 is 9.47 Å². The van der Waals surface area contributed by atoms with Crippen molar-refractivity contribution in [2.45, 2.75) is 74.7 Å². The first-order chi connectivity index (χ1) is 21.6. The molecule has 242 valence electrons. The van der Waals surface area contributed by atoms with E-state index in [0.717, 1.165) is 24.0 Å². The minimum atomic E-state index is -4.15. The van der Waals surface area contributed by atoms with E-state index >= 15 is 0 Å². The van der Waals surface area contributed by atoms with Crippen molar-refractivity contribution in [3.8, 4) is 11.5 Å². The lowest BCUT2D eigenvalue weighted by Crippen LogP contribution is -2.39. The number of unbranched alkanes of at least 4 members (excludes halogenated alkanes) is 1. The summed E-state index contributed by atoms with van der Waals surface area (Å²) in [5, 5.41) is 0. The van der Waals surface area contributed by atoms with Gasteiger partial charge in [-0.1, -0.05) is 51.0 Å². The monoisotopic (exact) mass is 659 g/mol. The van der Waals surface area contributed by atoms with Crippen LogP contribution in [0.4, 0.5) is 8.78 Å². The van der Waals surface area contributed by atoms with Gasteiger partial charge in [0.2, 0.25) is 15.9 Å². The summed E-state index contributed by atoms with van der Waals surface area (Å²) >= 11 is 1.40. The van der Waals surface area contributed by atoms with Crippen LogP contribution in [-0.4, -0.2) is 44.2 Å². The van der Waals surface area contributed by atoms with Crippen LogP contribution in [-0.2, 0) is 26.1 Å². The summed E-state index contributed by atoms with van der Waals surface area (Å²) in [6, 6.07) is 16.2. The molecule has 0 spiro atoms. The molecule has 7 nitrogen and oxygen atoms in total. The van der Waals surface area contributed by atoms with Gasteiger partial charge in [-0.3, -0.25) is 0 Å². The number of esters is 1. The van der Waals surface area contributed by atoms with Gasteiger partial charge in [-0.2, -0.15) is 8.70 Å². The highest BCUT2D eigenvalue weighted by Crippen LogP contribution is 2.46. The molecule has 0 fully saturated rings. The van der Waals surface area contributed by atoms with Crippen LogP contribution in [0.1, 0.15) is 69.1 Å². The highest BCUT2D eigenvalue weighted by molar-refractivity contribution is 7.99. The highest BCUT2D eigenvalue weighted by Gasteiger charge is 2.40. The van der Waals surface area contributed by atoms with E-state index in [4.69, 9.17) is 14.2 Å².